The van der Waals surface area contributed by atoms with Gasteiger partial charge >= 0.3 is 4.87 Å². The van der Waals surface area contributed by atoms with Crippen molar-refractivity contribution in [2.75, 3.05) is 7.05 Å². The van der Waals surface area contributed by atoms with Crippen molar-refractivity contribution in [1.29, 1.82) is 0 Å². The smallest absolute Gasteiger partial charge is 0.308 e. The summed E-state index contributed by atoms with van der Waals surface area (Å²) in [5.41, 5.74) is 0.774. The summed E-state index contributed by atoms with van der Waals surface area (Å²) in [6.07, 6.45) is 3.36. The number of aliphatic hydroxyl groups excluding tert-OH is 1. The normalized spacial score (nSPS) is 21.9. The molecule has 1 aliphatic carbocycles. The van der Waals surface area contributed by atoms with Gasteiger partial charge in [0.15, 0.2) is 0 Å². The van der Waals surface area contributed by atoms with Crippen molar-refractivity contribution in [3.05, 3.63) is 27.9 Å². The fourth-order valence-electron chi connectivity index (χ4n) is 3.50. The number of rotatable bonds is 5. The first kappa shape index (κ1) is 18.6. The minimum atomic E-state index is -3.71. The van der Waals surface area contributed by atoms with Crippen molar-refractivity contribution < 1.29 is 13.5 Å². The molecule has 0 aliphatic heterocycles. The molecule has 1 aromatic carbocycles. The maximum atomic E-state index is 13.0. The molecule has 1 N–H and O–H groups in total. The zero-order chi connectivity index (χ0) is 18.2. The topological polar surface area (TPSA) is 79.6 Å². The Kier molecular flexibility index (Phi) is 5.34. The molecule has 8 heteroatoms. The van der Waals surface area contributed by atoms with E-state index in [-0.39, 0.29) is 9.77 Å². The predicted octanol–water partition coefficient (Wildman–Crippen LogP) is 2.40. The maximum Gasteiger partial charge on any atom is 0.308 e. The molecule has 25 heavy (non-hydrogen) atoms. The molecule has 1 aliphatic rings. The second kappa shape index (κ2) is 7.19. The molecule has 1 saturated carbocycles. The summed E-state index contributed by atoms with van der Waals surface area (Å²) >= 11 is 1.07. The Morgan fingerprint density at radius 1 is 1.32 bits per heavy atom. The van der Waals surface area contributed by atoms with Crippen LogP contribution in [0, 0.1) is 0 Å². The van der Waals surface area contributed by atoms with E-state index in [1.165, 1.54) is 11.4 Å². The molecule has 1 heterocycles. The first-order chi connectivity index (χ1) is 11.9. The molecule has 138 valence electrons. The highest BCUT2D eigenvalue weighted by molar-refractivity contribution is 7.89. The average molecular weight is 385 g/mol. The van der Waals surface area contributed by atoms with Gasteiger partial charge in [-0.25, -0.2) is 8.42 Å². The summed E-state index contributed by atoms with van der Waals surface area (Å²) in [5.74, 6) is 0. The summed E-state index contributed by atoms with van der Waals surface area (Å²) < 4.78 is 29.6. The summed E-state index contributed by atoms with van der Waals surface area (Å²) in [6, 6.07) is 4.45. The molecule has 0 bridgehead atoms. The van der Waals surface area contributed by atoms with Gasteiger partial charge in [0.05, 0.1) is 27.3 Å². The van der Waals surface area contributed by atoms with Crippen molar-refractivity contribution in [1.82, 2.24) is 8.87 Å². The Morgan fingerprint density at radius 2 is 2.04 bits per heavy atom. The molecule has 0 radical (unpaired) electrons. The average Bonchev–Trinajstić information content (AvgIpc) is 2.90. The Hall–Kier alpha value is -1.22. The number of thiazole rings is 1. The lowest BCUT2D eigenvalue weighted by atomic mass is 9.93. The van der Waals surface area contributed by atoms with Gasteiger partial charge in [-0.05, 0) is 37.5 Å². The van der Waals surface area contributed by atoms with Crippen LogP contribution in [-0.4, -0.2) is 41.6 Å². The van der Waals surface area contributed by atoms with Crippen LogP contribution in [0.3, 0.4) is 0 Å². The number of likely N-dealkylation sites (N-methyl/N-ethyl adjacent to an activating group) is 1. The number of fused-ring (bicyclic) bond motifs is 1. The Balaban J connectivity index is 1.98. The van der Waals surface area contributed by atoms with Crippen molar-refractivity contribution in [3.63, 3.8) is 0 Å². The number of sulfonamides is 1. The van der Waals surface area contributed by atoms with E-state index in [1.807, 2.05) is 6.92 Å². The van der Waals surface area contributed by atoms with E-state index in [4.69, 9.17) is 0 Å². The van der Waals surface area contributed by atoms with Gasteiger partial charge in [0, 0.05) is 13.6 Å². The minimum absolute atomic E-state index is 0.0672. The number of aromatic nitrogens is 1. The number of aryl methyl sites for hydroxylation is 1. The molecular weight excluding hydrogens is 360 g/mol. The van der Waals surface area contributed by atoms with E-state index in [0.29, 0.717) is 24.1 Å². The highest BCUT2D eigenvalue weighted by Crippen LogP contribution is 2.29. The third kappa shape index (κ3) is 3.40. The van der Waals surface area contributed by atoms with E-state index < -0.39 is 22.2 Å². The SMILES string of the molecule is CCCn1c(=O)sc2cc(S(=O)(=O)N(C)[C@@H]3CCCC[C@H]3O)ccc21. The lowest BCUT2D eigenvalue weighted by Gasteiger charge is -2.34. The standard InChI is InChI=1S/C17H24N2O4S2/c1-3-10-19-14-9-8-12(11-16(14)24-17(19)21)25(22,23)18(2)13-6-4-5-7-15(13)20/h8-9,11,13,15,20H,3-7,10H2,1-2H3/t13-,15-/m1/s1. The predicted molar refractivity (Wildman–Crippen MR) is 99.6 cm³/mol. The lowest BCUT2D eigenvalue weighted by Crippen LogP contribution is -2.46. The van der Waals surface area contributed by atoms with Gasteiger partial charge in [0.1, 0.15) is 0 Å². The maximum absolute atomic E-state index is 13.0. The largest absolute Gasteiger partial charge is 0.391 e. The highest BCUT2D eigenvalue weighted by atomic mass is 32.2. The Morgan fingerprint density at radius 3 is 2.72 bits per heavy atom. The van der Waals surface area contributed by atoms with Gasteiger partial charge in [-0.3, -0.25) is 9.36 Å². The number of hydrogen-bond donors (Lipinski definition) is 1. The molecule has 2 aromatic rings. The third-order valence-electron chi connectivity index (χ3n) is 4.92. The van der Waals surface area contributed by atoms with Crippen LogP contribution in [-0.2, 0) is 16.6 Å². The first-order valence-electron chi connectivity index (χ1n) is 8.65. The Labute approximate surface area is 151 Å². The quantitative estimate of drug-likeness (QED) is 0.858. The van der Waals surface area contributed by atoms with Gasteiger partial charge in [0.25, 0.3) is 0 Å². The van der Waals surface area contributed by atoms with Crippen molar-refractivity contribution in [2.24, 2.45) is 0 Å². The van der Waals surface area contributed by atoms with E-state index in [1.54, 1.807) is 22.8 Å². The minimum Gasteiger partial charge on any atom is -0.391 e. The van der Waals surface area contributed by atoms with Crippen LogP contribution < -0.4 is 4.87 Å². The van der Waals surface area contributed by atoms with Gasteiger partial charge in [-0.1, -0.05) is 31.1 Å². The fraction of sp³-hybridized carbons (Fsp3) is 0.588. The molecular formula is C17H24N2O4S2. The monoisotopic (exact) mass is 384 g/mol. The zero-order valence-electron chi connectivity index (χ0n) is 14.5. The summed E-state index contributed by atoms with van der Waals surface area (Å²) in [7, 11) is -2.18. The highest BCUT2D eigenvalue weighted by Gasteiger charge is 2.34. The van der Waals surface area contributed by atoms with Crippen molar-refractivity contribution in [2.45, 2.75) is 62.6 Å². The van der Waals surface area contributed by atoms with Crippen LogP contribution in [0.15, 0.2) is 27.9 Å². The second-order valence-electron chi connectivity index (χ2n) is 6.59. The molecule has 0 unspecified atom stereocenters. The van der Waals surface area contributed by atoms with Crippen LogP contribution in [0.1, 0.15) is 39.0 Å². The van der Waals surface area contributed by atoms with E-state index in [9.17, 15) is 18.3 Å². The molecule has 1 fully saturated rings. The van der Waals surface area contributed by atoms with E-state index in [2.05, 4.69) is 0 Å². The Bertz CT molecular complexity index is 916. The summed E-state index contributed by atoms with van der Waals surface area (Å²) in [6.45, 7) is 2.62. The van der Waals surface area contributed by atoms with Crippen LogP contribution in [0.5, 0.6) is 0 Å². The molecule has 0 saturated heterocycles. The molecule has 1 aromatic heterocycles. The van der Waals surface area contributed by atoms with Gasteiger partial charge in [-0.2, -0.15) is 4.31 Å². The van der Waals surface area contributed by atoms with Gasteiger partial charge in [0.2, 0.25) is 10.0 Å². The molecule has 6 nitrogen and oxygen atoms in total. The van der Waals surface area contributed by atoms with Crippen molar-refractivity contribution in [3.8, 4) is 0 Å². The van der Waals surface area contributed by atoms with Gasteiger partial charge < -0.3 is 5.11 Å². The third-order valence-corrected chi connectivity index (χ3v) is 7.75. The van der Waals surface area contributed by atoms with Crippen LogP contribution in [0.25, 0.3) is 10.2 Å². The summed E-state index contributed by atoms with van der Waals surface area (Å²) in [4.78, 5) is 12.2. The molecule has 2 atom stereocenters. The number of benzene rings is 1. The van der Waals surface area contributed by atoms with Gasteiger partial charge in [-0.15, -0.1) is 0 Å². The van der Waals surface area contributed by atoms with E-state index >= 15 is 0 Å². The lowest BCUT2D eigenvalue weighted by molar-refractivity contribution is 0.0638. The summed E-state index contributed by atoms with van der Waals surface area (Å²) in [5, 5.41) is 10.2. The molecule has 0 amide bonds. The number of hydrogen-bond acceptors (Lipinski definition) is 5. The fourth-order valence-corrected chi connectivity index (χ4v) is 5.98. The van der Waals surface area contributed by atoms with Crippen LogP contribution in [0.4, 0.5) is 0 Å². The first-order valence-corrected chi connectivity index (χ1v) is 10.9. The van der Waals surface area contributed by atoms with Crippen LogP contribution >= 0.6 is 11.3 Å². The molecule has 3 rings (SSSR count). The molecule has 0 spiro atoms. The zero-order valence-corrected chi connectivity index (χ0v) is 16.1. The van der Waals surface area contributed by atoms with E-state index in [0.717, 1.165) is 36.1 Å². The van der Waals surface area contributed by atoms with Crippen molar-refractivity contribution >= 4 is 31.6 Å². The second-order valence-corrected chi connectivity index (χ2v) is 9.58. The van der Waals surface area contributed by atoms with Crippen LogP contribution in [0.2, 0.25) is 0 Å². The number of aliphatic hydroxyl groups is 1. The number of nitrogens with zero attached hydrogens (tertiary/aromatic N) is 2.